The van der Waals surface area contributed by atoms with Crippen LogP contribution >= 0.6 is 0 Å². The highest BCUT2D eigenvalue weighted by atomic mass is 16.6. The lowest BCUT2D eigenvalue weighted by Gasteiger charge is -2.29. The minimum Gasteiger partial charge on any atom is -0.455 e. The van der Waals surface area contributed by atoms with E-state index in [1.807, 2.05) is 0 Å². The summed E-state index contributed by atoms with van der Waals surface area (Å²) in [7, 11) is 0. The fourth-order valence-corrected chi connectivity index (χ4v) is 3.34. The van der Waals surface area contributed by atoms with Crippen LogP contribution in [0.3, 0.4) is 0 Å². The van der Waals surface area contributed by atoms with Gasteiger partial charge in [0.1, 0.15) is 0 Å². The fraction of sp³-hybridized carbons (Fsp3) is 0.286. The summed E-state index contributed by atoms with van der Waals surface area (Å²) in [6.07, 6.45) is -4.16. The van der Waals surface area contributed by atoms with E-state index in [1.54, 1.807) is 50.2 Å². The van der Waals surface area contributed by atoms with E-state index in [0.717, 1.165) is 0 Å². The van der Waals surface area contributed by atoms with Crippen LogP contribution in [0, 0.1) is 13.8 Å². The molecule has 0 aromatic heterocycles. The first-order valence-corrected chi connectivity index (χ1v) is 8.56. The topological polar surface area (TPSA) is 101 Å². The van der Waals surface area contributed by atoms with Gasteiger partial charge in [0.15, 0.2) is 29.4 Å². The number of carbonyl (C=O) groups excluding carboxylic acids is 3. The number of rotatable bonds is 5. The second kappa shape index (κ2) is 7.06. The van der Waals surface area contributed by atoms with Crippen molar-refractivity contribution in [3.63, 3.8) is 0 Å². The molecule has 0 spiro atoms. The van der Waals surface area contributed by atoms with Crippen LogP contribution in [0.4, 0.5) is 0 Å². The Morgan fingerprint density at radius 2 is 1.56 bits per heavy atom. The van der Waals surface area contributed by atoms with E-state index in [4.69, 9.17) is 4.74 Å². The summed E-state index contributed by atoms with van der Waals surface area (Å²) in [6.45, 7) is 3.39. The van der Waals surface area contributed by atoms with Gasteiger partial charge in [0.05, 0.1) is 6.42 Å². The largest absolute Gasteiger partial charge is 0.455 e. The summed E-state index contributed by atoms with van der Waals surface area (Å²) in [5, 5.41) is 21.6. The first-order valence-electron chi connectivity index (χ1n) is 8.56. The number of ketones is 2. The van der Waals surface area contributed by atoms with E-state index >= 15 is 0 Å². The number of hydrogen-bond donors (Lipinski definition) is 2. The first-order chi connectivity index (χ1) is 12.8. The third kappa shape index (κ3) is 3.29. The SMILES string of the molecule is Cc1ccccc1C(=O)C(O)[C@@H]1OC(=O)C[C@]1(O)C(=O)c1ccccc1C. The lowest BCUT2D eigenvalue weighted by Crippen LogP contribution is -2.54. The number of benzene rings is 2. The van der Waals surface area contributed by atoms with Crippen LogP contribution in [0.1, 0.15) is 38.3 Å². The van der Waals surface area contributed by atoms with Crippen molar-refractivity contribution in [2.75, 3.05) is 0 Å². The van der Waals surface area contributed by atoms with Gasteiger partial charge in [0.25, 0.3) is 0 Å². The van der Waals surface area contributed by atoms with E-state index in [1.165, 1.54) is 12.1 Å². The molecule has 1 aliphatic heterocycles. The van der Waals surface area contributed by atoms with Crippen LogP contribution in [-0.4, -0.2) is 45.6 Å². The molecular formula is C21H20O6. The van der Waals surface area contributed by atoms with Gasteiger partial charge in [-0.25, -0.2) is 0 Å². The van der Waals surface area contributed by atoms with Crippen molar-refractivity contribution in [2.45, 2.75) is 38.1 Å². The number of aryl methyl sites for hydroxylation is 2. The highest BCUT2D eigenvalue weighted by Gasteiger charge is 2.58. The normalized spacial score (nSPS) is 23.0. The summed E-state index contributed by atoms with van der Waals surface area (Å²) in [4.78, 5) is 37.5. The summed E-state index contributed by atoms with van der Waals surface area (Å²) in [6, 6.07) is 13.2. The van der Waals surface area contributed by atoms with E-state index in [0.29, 0.717) is 11.1 Å². The molecule has 140 valence electrons. The van der Waals surface area contributed by atoms with Crippen molar-refractivity contribution in [3.05, 3.63) is 70.8 Å². The molecule has 27 heavy (non-hydrogen) atoms. The standard InChI is InChI=1S/C21H20O6/c1-12-7-3-5-9-14(12)17(23)18(24)20-21(26,11-16(22)27-20)19(25)15-10-6-4-8-13(15)2/h3-10,18,20,24,26H,11H2,1-2H3/t18?,20-,21-/m0/s1. The van der Waals surface area contributed by atoms with E-state index in [9.17, 15) is 24.6 Å². The smallest absolute Gasteiger partial charge is 0.309 e. The predicted molar refractivity (Wildman–Crippen MR) is 96.5 cm³/mol. The molecule has 0 saturated carbocycles. The maximum Gasteiger partial charge on any atom is 0.309 e. The molecule has 1 fully saturated rings. The van der Waals surface area contributed by atoms with Gasteiger partial charge < -0.3 is 14.9 Å². The highest BCUT2D eigenvalue weighted by Crippen LogP contribution is 2.34. The van der Waals surface area contributed by atoms with Crippen LogP contribution in [0.5, 0.6) is 0 Å². The Morgan fingerprint density at radius 1 is 1.04 bits per heavy atom. The molecule has 0 aliphatic carbocycles. The Balaban J connectivity index is 1.97. The quantitative estimate of drug-likeness (QED) is 0.616. The maximum atomic E-state index is 13.0. The summed E-state index contributed by atoms with van der Waals surface area (Å²) in [5.41, 5.74) is -0.646. The van der Waals surface area contributed by atoms with Crippen LogP contribution in [0.25, 0.3) is 0 Å². The number of ether oxygens (including phenoxy) is 1. The monoisotopic (exact) mass is 368 g/mol. The van der Waals surface area contributed by atoms with Crippen LogP contribution in [0.15, 0.2) is 48.5 Å². The molecule has 1 heterocycles. The first kappa shape index (κ1) is 18.9. The summed E-state index contributed by atoms with van der Waals surface area (Å²) >= 11 is 0. The molecule has 3 atom stereocenters. The number of esters is 1. The van der Waals surface area contributed by atoms with Gasteiger partial charge >= 0.3 is 5.97 Å². The van der Waals surface area contributed by atoms with E-state index < -0.39 is 41.8 Å². The molecule has 2 aromatic carbocycles. The van der Waals surface area contributed by atoms with E-state index in [-0.39, 0.29) is 11.1 Å². The van der Waals surface area contributed by atoms with Crippen molar-refractivity contribution in [1.29, 1.82) is 0 Å². The number of Topliss-reactive ketones (excluding diaryl/α,β-unsaturated/α-hetero) is 2. The lowest BCUT2D eigenvalue weighted by atomic mass is 9.81. The van der Waals surface area contributed by atoms with Gasteiger partial charge in [-0.2, -0.15) is 0 Å². The number of carbonyl (C=O) groups is 3. The molecule has 1 unspecified atom stereocenters. The Kier molecular flexibility index (Phi) is 4.95. The molecule has 3 rings (SSSR count). The third-order valence-corrected chi connectivity index (χ3v) is 4.89. The Labute approximate surface area is 156 Å². The predicted octanol–water partition coefficient (Wildman–Crippen LogP) is 1.78. The lowest BCUT2D eigenvalue weighted by molar-refractivity contribution is -0.146. The molecule has 0 amide bonds. The Bertz CT molecular complexity index is 918. The molecule has 0 bridgehead atoms. The third-order valence-electron chi connectivity index (χ3n) is 4.89. The molecule has 2 N–H and O–H groups in total. The van der Waals surface area contributed by atoms with Crippen molar-refractivity contribution in [2.24, 2.45) is 0 Å². The van der Waals surface area contributed by atoms with Gasteiger partial charge in [-0.3, -0.25) is 14.4 Å². The van der Waals surface area contributed by atoms with Gasteiger partial charge in [-0.1, -0.05) is 48.5 Å². The van der Waals surface area contributed by atoms with Gasteiger partial charge in [0, 0.05) is 11.1 Å². The van der Waals surface area contributed by atoms with Gasteiger partial charge in [0.2, 0.25) is 0 Å². The van der Waals surface area contributed by atoms with Crippen molar-refractivity contribution < 1.29 is 29.3 Å². The molecule has 6 nitrogen and oxygen atoms in total. The van der Waals surface area contributed by atoms with Gasteiger partial charge in [-0.15, -0.1) is 0 Å². The summed E-state index contributed by atoms with van der Waals surface area (Å²) in [5.74, 6) is -2.32. The van der Waals surface area contributed by atoms with Crippen LogP contribution in [0.2, 0.25) is 0 Å². The van der Waals surface area contributed by atoms with Crippen molar-refractivity contribution >= 4 is 17.5 Å². The number of cyclic esters (lactones) is 1. The zero-order chi connectivity index (χ0) is 19.8. The second-order valence-corrected chi connectivity index (χ2v) is 6.78. The van der Waals surface area contributed by atoms with Crippen molar-refractivity contribution in [1.82, 2.24) is 0 Å². The van der Waals surface area contributed by atoms with Gasteiger partial charge in [-0.05, 0) is 25.0 Å². The Morgan fingerprint density at radius 3 is 2.11 bits per heavy atom. The summed E-state index contributed by atoms with van der Waals surface area (Å²) < 4.78 is 5.02. The number of aliphatic hydroxyl groups is 2. The zero-order valence-electron chi connectivity index (χ0n) is 15.0. The average molecular weight is 368 g/mol. The van der Waals surface area contributed by atoms with Crippen molar-refractivity contribution in [3.8, 4) is 0 Å². The molecule has 1 aliphatic rings. The molecule has 0 radical (unpaired) electrons. The second-order valence-electron chi connectivity index (χ2n) is 6.78. The fourth-order valence-electron chi connectivity index (χ4n) is 3.34. The zero-order valence-corrected chi connectivity index (χ0v) is 15.0. The Hall–Kier alpha value is -2.83. The number of aliphatic hydroxyl groups excluding tert-OH is 1. The minimum atomic E-state index is -2.32. The minimum absolute atomic E-state index is 0.207. The van der Waals surface area contributed by atoms with E-state index in [2.05, 4.69) is 0 Å². The molecule has 1 saturated heterocycles. The van der Waals surface area contributed by atoms with Crippen LogP contribution < -0.4 is 0 Å². The molecule has 6 heteroatoms. The molecule has 2 aromatic rings. The highest BCUT2D eigenvalue weighted by molar-refractivity contribution is 6.08. The number of hydrogen-bond acceptors (Lipinski definition) is 6. The average Bonchev–Trinajstić information content (AvgIpc) is 2.96. The molecular weight excluding hydrogens is 348 g/mol. The maximum absolute atomic E-state index is 13.0. The van der Waals surface area contributed by atoms with Crippen LogP contribution in [-0.2, 0) is 9.53 Å².